The highest BCUT2D eigenvalue weighted by Crippen LogP contribution is 2.44. The third-order valence-electron chi connectivity index (χ3n) is 3.04. The number of nitrogens with one attached hydrogen (secondary N) is 1. The molecule has 7 heteroatoms. The van der Waals surface area contributed by atoms with Crippen molar-refractivity contribution in [1.29, 1.82) is 0 Å². The average Bonchev–Trinajstić information content (AvgIpc) is 3.17. The first kappa shape index (κ1) is 13.6. The summed E-state index contributed by atoms with van der Waals surface area (Å²) in [4.78, 5) is 20.0. The fourth-order valence-corrected chi connectivity index (χ4v) is 2.05. The smallest absolute Gasteiger partial charge is 0.271 e. The number of carbonyl (C=O) groups excluding carboxylic acids is 1. The van der Waals surface area contributed by atoms with E-state index in [1.54, 1.807) is 0 Å². The molecule has 1 aromatic heterocycles. The van der Waals surface area contributed by atoms with Crippen molar-refractivity contribution in [3.05, 3.63) is 16.9 Å². The summed E-state index contributed by atoms with van der Waals surface area (Å²) in [5.74, 6) is -0.322. The maximum Gasteiger partial charge on any atom is 0.271 e. The van der Waals surface area contributed by atoms with Gasteiger partial charge in [0.1, 0.15) is 0 Å². The molecule has 0 unspecified atom stereocenters. The van der Waals surface area contributed by atoms with Crippen molar-refractivity contribution in [3.8, 4) is 0 Å². The van der Waals surface area contributed by atoms with Crippen LogP contribution in [0.3, 0.4) is 0 Å². The Labute approximate surface area is 114 Å². The fourth-order valence-electron chi connectivity index (χ4n) is 1.53. The summed E-state index contributed by atoms with van der Waals surface area (Å²) in [6, 6.07) is 0. The normalized spacial score (nSPS) is 16.4. The van der Waals surface area contributed by atoms with E-state index in [9.17, 15) is 9.90 Å². The van der Waals surface area contributed by atoms with Crippen LogP contribution in [0.4, 0.5) is 0 Å². The molecule has 1 aliphatic carbocycles. The Morgan fingerprint density at radius 1 is 1.67 bits per heavy atom. The molecule has 0 aromatic carbocycles. The van der Waals surface area contributed by atoms with Gasteiger partial charge in [-0.2, -0.15) is 0 Å². The lowest BCUT2D eigenvalue weighted by Crippen LogP contribution is -2.32. The first-order valence-corrected chi connectivity index (χ1v) is 7.16. The zero-order valence-electron chi connectivity index (χ0n) is 9.94. The van der Waals surface area contributed by atoms with Gasteiger partial charge in [0.25, 0.3) is 5.91 Å². The molecule has 98 valence electrons. The summed E-state index contributed by atoms with van der Waals surface area (Å²) in [5, 5.41) is 12.7. The van der Waals surface area contributed by atoms with Gasteiger partial charge in [0, 0.05) is 12.0 Å². The average molecular weight is 288 g/mol. The number of aliphatic hydroxyl groups is 1. The number of aromatic nitrogens is 2. The summed E-state index contributed by atoms with van der Waals surface area (Å²) >= 11 is 7.25. The minimum Gasteiger partial charge on any atom is -0.396 e. The van der Waals surface area contributed by atoms with E-state index in [-0.39, 0.29) is 28.6 Å². The van der Waals surface area contributed by atoms with Crippen LogP contribution < -0.4 is 5.32 Å². The molecule has 1 fully saturated rings. The van der Waals surface area contributed by atoms with Crippen LogP contribution >= 0.6 is 23.4 Å². The Balaban J connectivity index is 2.04. The van der Waals surface area contributed by atoms with Gasteiger partial charge in [-0.25, -0.2) is 9.97 Å². The van der Waals surface area contributed by atoms with Crippen LogP contribution in [0.25, 0.3) is 0 Å². The van der Waals surface area contributed by atoms with Crippen molar-refractivity contribution < 1.29 is 9.90 Å². The zero-order valence-corrected chi connectivity index (χ0v) is 11.5. The molecule has 18 heavy (non-hydrogen) atoms. The lowest BCUT2D eigenvalue weighted by molar-refractivity contribution is 0.0929. The van der Waals surface area contributed by atoms with E-state index in [0.29, 0.717) is 11.7 Å². The molecule has 0 saturated heterocycles. The molecule has 0 bridgehead atoms. The van der Waals surface area contributed by atoms with Crippen molar-refractivity contribution in [2.75, 3.05) is 19.4 Å². The van der Waals surface area contributed by atoms with Crippen LogP contribution in [-0.4, -0.2) is 40.4 Å². The van der Waals surface area contributed by atoms with Crippen LogP contribution in [-0.2, 0) is 0 Å². The van der Waals surface area contributed by atoms with Crippen LogP contribution in [0, 0.1) is 5.41 Å². The molecule has 1 amide bonds. The zero-order chi connectivity index (χ0) is 13.2. The molecule has 2 rings (SSSR count). The molecule has 0 spiro atoms. The molecule has 0 atom stereocenters. The van der Waals surface area contributed by atoms with Crippen LogP contribution in [0.2, 0.25) is 5.02 Å². The highest BCUT2D eigenvalue weighted by Gasteiger charge is 2.42. The first-order valence-electron chi connectivity index (χ1n) is 5.56. The fraction of sp³-hybridized carbons (Fsp3) is 0.545. The SMILES string of the molecule is CSc1ncc(Cl)c(C(=O)NCC2(CO)CC2)n1. The Bertz CT molecular complexity index is 466. The molecular formula is C11H14ClN3O2S. The number of halogens is 1. The summed E-state index contributed by atoms with van der Waals surface area (Å²) in [5.41, 5.74) is 0.0575. The number of hydrogen-bond acceptors (Lipinski definition) is 5. The van der Waals surface area contributed by atoms with Crippen molar-refractivity contribution >= 4 is 29.3 Å². The molecular weight excluding hydrogens is 274 g/mol. The maximum atomic E-state index is 11.9. The van der Waals surface area contributed by atoms with Gasteiger partial charge in [0.2, 0.25) is 0 Å². The molecule has 1 aromatic rings. The van der Waals surface area contributed by atoms with E-state index in [1.165, 1.54) is 18.0 Å². The van der Waals surface area contributed by atoms with Gasteiger partial charge in [-0.15, -0.1) is 0 Å². The maximum absolute atomic E-state index is 11.9. The monoisotopic (exact) mass is 287 g/mol. The lowest BCUT2D eigenvalue weighted by atomic mass is 10.1. The van der Waals surface area contributed by atoms with Crippen LogP contribution in [0.1, 0.15) is 23.3 Å². The largest absolute Gasteiger partial charge is 0.396 e. The highest BCUT2D eigenvalue weighted by atomic mass is 35.5. The van der Waals surface area contributed by atoms with Crippen molar-refractivity contribution in [2.45, 2.75) is 18.0 Å². The minimum absolute atomic E-state index is 0.0981. The lowest BCUT2D eigenvalue weighted by Gasteiger charge is -2.12. The predicted octanol–water partition coefficient (Wildman–Crippen LogP) is 1.35. The molecule has 0 aliphatic heterocycles. The summed E-state index contributed by atoms with van der Waals surface area (Å²) < 4.78 is 0. The van der Waals surface area contributed by atoms with Crippen LogP contribution in [0.5, 0.6) is 0 Å². The van der Waals surface area contributed by atoms with Crippen molar-refractivity contribution in [3.63, 3.8) is 0 Å². The number of rotatable bonds is 5. The summed E-state index contributed by atoms with van der Waals surface area (Å²) in [6.07, 6.45) is 5.14. The summed E-state index contributed by atoms with van der Waals surface area (Å²) in [6.45, 7) is 0.554. The second kappa shape index (κ2) is 5.42. The molecule has 1 aliphatic rings. The van der Waals surface area contributed by atoms with Crippen molar-refractivity contribution in [1.82, 2.24) is 15.3 Å². The van der Waals surface area contributed by atoms with Gasteiger partial charge < -0.3 is 10.4 Å². The minimum atomic E-state index is -0.322. The topological polar surface area (TPSA) is 75.1 Å². The third-order valence-corrected chi connectivity index (χ3v) is 3.87. The second-order valence-electron chi connectivity index (χ2n) is 4.39. The molecule has 5 nitrogen and oxygen atoms in total. The van der Waals surface area contributed by atoms with Gasteiger partial charge in [-0.3, -0.25) is 4.79 Å². The number of carbonyl (C=O) groups is 1. The van der Waals surface area contributed by atoms with Gasteiger partial charge >= 0.3 is 0 Å². The third kappa shape index (κ3) is 2.93. The van der Waals surface area contributed by atoms with E-state index in [0.717, 1.165) is 12.8 Å². The number of hydrogen-bond donors (Lipinski definition) is 2. The standard InChI is InChI=1S/C11H14ClN3O2S/c1-18-10-13-4-7(12)8(15-10)9(17)14-5-11(6-16)2-3-11/h4,16H,2-3,5-6H2,1H3,(H,14,17). The van der Waals surface area contributed by atoms with Gasteiger partial charge in [-0.1, -0.05) is 23.4 Å². The predicted molar refractivity (Wildman–Crippen MR) is 69.9 cm³/mol. The van der Waals surface area contributed by atoms with E-state index in [2.05, 4.69) is 15.3 Å². The Morgan fingerprint density at radius 2 is 2.39 bits per heavy atom. The Morgan fingerprint density at radius 3 is 2.94 bits per heavy atom. The van der Waals surface area contributed by atoms with E-state index >= 15 is 0 Å². The van der Waals surface area contributed by atoms with E-state index in [4.69, 9.17) is 11.6 Å². The number of amides is 1. The molecule has 1 saturated carbocycles. The van der Waals surface area contributed by atoms with Gasteiger partial charge in [0.05, 0.1) is 17.8 Å². The van der Waals surface area contributed by atoms with Gasteiger partial charge in [-0.05, 0) is 19.1 Å². The Kier molecular flexibility index (Phi) is 4.09. The second-order valence-corrected chi connectivity index (χ2v) is 5.57. The number of thioether (sulfide) groups is 1. The molecule has 0 radical (unpaired) electrons. The Hall–Kier alpha value is -0.850. The van der Waals surface area contributed by atoms with E-state index < -0.39 is 0 Å². The number of aliphatic hydroxyl groups excluding tert-OH is 1. The van der Waals surface area contributed by atoms with Crippen molar-refractivity contribution in [2.24, 2.45) is 5.41 Å². The molecule has 1 heterocycles. The van der Waals surface area contributed by atoms with E-state index in [1.807, 2.05) is 6.26 Å². The highest BCUT2D eigenvalue weighted by molar-refractivity contribution is 7.98. The first-order chi connectivity index (χ1) is 8.60. The molecule has 2 N–H and O–H groups in total. The van der Waals surface area contributed by atoms with Gasteiger partial charge in [0.15, 0.2) is 10.9 Å². The number of nitrogens with zero attached hydrogens (tertiary/aromatic N) is 2. The quantitative estimate of drug-likeness (QED) is 0.632. The van der Waals surface area contributed by atoms with Crippen LogP contribution in [0.15, 0.2) is 11.4 Å². The summed E-state index contributed by atoms with van der Waals surface area (Å²) in [7, 11) is 0.